The number of nitrogens with zero attached hydrogens (tertiary/aromatic N) is 1. The first kappa shape index (κ1) is 12.7. The van der Waals surface area contributed by atoms with Gasteiger partial charge in [0, 0.05) is 5.33 Å². The Morgan fingerprint density at radius 2 is 2.31 bits per heavy atom. The minimum absolute atomic E-state index is 0.123. The van der Waals surface area contributed by atoms with Crippen LogP contribution in [0.5, 0.6) is 0 Å². The molecule has 1 rings (SSSR count). The fourth-order valence-corrected chi connectivity index (χ4v) is 1.68. The maximum Gasteiger partial charge on any atom is 0.341 e. The molecule has 0 radical (unpaired) electrons. The van der Waals surface area contributed by atoms with Crippen LogP contribution in [0.3, 0.4) is 0 Å². The lowest BCUT2D eigenvalue weighted by molar-refractivity contribution is 0.0521. The molecule has 0 heterocycles. The summed E-state index contributed by atoms with van der Waals surface area (Å²) in [4.78, 5) is 11.3. The van der Waals surface area contributed by atoms with Gasteiger partial charge in [0.1, 0.15) is 6.07 Å². The van der Waals surface area contributed by atoms with Crippen LogP contribution in [-0.4, -0.2) is 12.6 Å². The predicted octanol–water partition coefficient (Wildman–Crippen LogP) is 2.77. The fourth-order valence-electron chi connectivity index (χ4n) is 1.21. The van der Waals surface area contributed by atoms with E-state index in [1.54, 1.807) is 13.0 Å². The molecule has 0 aliphatic carbocycles. The highest BCUT2D eigenvalue weighted by molar-refractivity contribution is 9.08. The zero-order valence-corrected chi connectivity index (χ0v) is 10.2. The van der Waals surface area contributed by atoms with Crippen molar-refractivity contribution >= 4 is 21.9 Å². The molecule has 0 aliphatic rings. The lowest BCUT2D eigenvalue weighted by Crippen LogP contribution is -2.09. The largest absolute Gasteiger partial charge is 0.462 e. The smallest absolute Gasteiger partial charge is 0.341 e. The molecular formula is C11H9BrFNO2. The van der Waals surface area contributed by atoms with Gasteiger partial charge in [0.05, 0.1) is 17.7 Å². The van der Waals surface area contributed by atoms with Gasteiger partial charge in [0.15, 0.2) is 5.82 Å². The lowest BCUT2D eigenvalue weighted by Gasteiger charge is -2.06. The first-order valence-corrected chi connectivity index (χ1v) is 5.72. The standard InChI is InChI=1S/C11H9BrFNO2/c1-2-16-11(15)8-4-3-7(5-12)9(6-14)10(8)13/h3-4H,2,5H2,1H3. The van der Waals surface area contributed by atoms with E-state index in [1.807, 2.05) is 0 Å². The summed E-state index contributed by atoms with van der Waals surface area (Å²) in [6.45, 7) is 1.80. The van der Waals surface area contributed by atoms with Crippen molar-refractivity contribution in [3.05, 3.63) is 34.6 Å². The summed E-state index contributed by atoms with van der Waals surface area (Å²) in [7, 11) is 0. The highest BCUT2D eigenvalue weighted by Gasteiger charge is 2.18. The Balaban J connectivity index is 3.25. The van der Waals surface area contributed by atoms with Crippen molar-refractivity contribution in [1.29, 1.82) is 5.26 Å². The maximum atomic E-state index is 13.7. The number of hydrogen-bond donors (Lipinski definition) is 0. The Hall–Kier alpha value is -1.41. The van der Waals surface area contributed by atoms with E-state index in [4.69, 9.17) is 5.26 Å². The van der Waals surface area contributed by atoms with Gasteiger partial charge < -0.3 is 4.74 Å². The van der Waals surface area contributed by atoms with Gasteiger partial charge in [-0.3, -0.25) is 0 Å². The molecule has 5 heteroatoms. The summed E-state index contributed by atoms with van der Waals surface area (Å²) in [6, 6.07) is 4.59. The zero-order chi connectivity index (χ0) is 12.1. The molecule has 0 aliphatic heterocycles. The van der Waals surface area contributed by atoms with E-state index >= 15 is 0 Å². The Kier molecular flexibility index (Phi) is 4.44. The number of benzene rings is 1. The monoisotopic (exact) mass is 285 g/mol. The van der Waals surface area contributed by atoms with E-state index in [0.717, 1.165) is 0 Å². The summed E-state index contributed by atoms with van der Waals surface area (Å²) in [6.07, 6.45) is 0. The van der Waals surface area contributed by atoms with Crippen molar-refractivity contribution in [2.75, 3.05) is 6.61 Å². The third-order valence-electron chi connectivity index (χ3n) is 1.98. The summed E-state index contributed by atoms with van der Waals surface area (Å²) in [5.41, 5.74) is 0.179. The van der Waals surface area contributed by atoms with Crippen molar-refractivity contribution < 1.29 is 13.9 Å². The summed E-state index contributed by atoms with van der Waals surface area (Å²) < 4.78 is 18.4. The first-order chi connectivity index (χ1) is 7.65. The third kappa shape index (κ3) is 2.39. The van der Waals surface area contributed by atoms with Crippen LogP contribution in [0.4, 0.5) is 4.39 Å². The van der Waals surface area contributed by atoms with Crippen LogP contribution in [0.1, 0.15) is 28.4 Å². The molecular weight excluding hydrogens is 277 g/mol. The second kappa shape index (κ2) is 5.61. The van der Waals surface area contributed by atoms with Crippen LogP contribution in [-0.2, 0) is 10.1 Å². The molecule has 0 amide bonds. The van der Waals surface area contributed by atoms with Gasteiger partial charge in [-0.15, -0.1) is 0 Å². The minimum Gasteiger partial charge on any atom is -0.462 e. The summed E-state index contributed by atoms with van der Waals surface area (Å²) in [5, 5.41) is 9.16. The second-order valence-corrected chi connectivity index (χ2v) is 3.49. The number of hydrogen-bond acceptors (Lipinski definition) is 3. The Bertz CT molecular complexity index is 454. The molecule has 1 aromatic rings. The number of alkyl halides is 1. The quantitative estimate of drug-likeness (QED) is 0.634. The van der Waals surface area contributed by atoms with E-state index in [-0.39, 0.29) is 17.7 Å². The van der Waals surface area contributed by atoms with Crippen LogP contribution in [0, 0.1) is 17.1 Å². The van der Waals surface area contributed by atoms with Crippen LogP contribution in [0.15, 0.2) is 12.1 Å². The Morgan fingerprint density at radius 3 is 2.81 bits per heavy atom. The fraction of sp³-hybridized carbons (Fsp3) is 0.273. The normalized spacial score (nSPS) is 9.62. The average Bonchev–Trinajstić information content (AvgIpc) is 2.28. The zero-order valence-electron chi connectivity index (χ0n) is 8.59. The van der Waals surface area contributed by atoms with E-state index in [0.29, 0.717) is 10.9 Å². The van der Waals surface area contributed by atoms with Crippen molar-refractivity contribution in [2.45, 2.75) is 12.3 Å². The molecule has 0 fully saturated rings. The SMILES string of the molecule is CCOC(=O)c1ccc(CBr)c(C#N)c1F. The molecule has 0 atom stereocenters. The molecule has 0 unspecified atom stereocenters. The van der Waals surface area contributed by atoms with Gasteiger partial charge in [-0.05, 0) is 18.6 Å². The van der Waals surface area contributed by atoms with Gasteiger partial charge in [0.2, 0.25) is 0 Å². The van der Waals surface area contributed by atoms with Gasteiger partial charge >= 0.3 is 5.97 Å². The Morgan fingerprint density at radius 1 is 1.62 bits per heavy atom. The number of halogens is 2. The lowest BCUT2D eigenvalue weighted by atomic mass is 10.0. The molecule has 3 nitrogen and oxygen atoms in total. The van der Waals surface area contributed by atoms with Crippen LogP contribution in [0.2, 0.25) is 0 Å². The first-order valence-electron chi connectivity index (χ1n) is 4.60. The highest BCUT2D eigenvalue weighted by atomic mass is 79.9. The molecule has 0 saturated carbocycles. The van der Waals surface area contributed by atoms with Gasteiger partial charge in [-0.2, -0.15) is 5.26 Å². The topological polar surface area (TPSA) is 50.1 Å². The molecule has 84 valence electrons. The summed E-state index contributed by atoms with van der Waals surface area (Å²) in [5.74, 6) is -1.57. The van der Waals surface area contributed by atoms with Gasteiger partial charge in [-0.1, -0.05) is 22.0 Å². The van der Waals surface area contributed by atoms with Gasteiger partial charge in [-0.25, -0.2) is 9.18 Å². The molecule has 1 aromatic carbocycles. The number of esters is 1. The molecule has 0 spiro atoms. The third-order valence-corrected chi connectivity index (χ3v) is 2.58. The Labute approximate surface area is 101 Å². The van der Waals surface area contributed by atoms with E-state index in [1.165, 1.54) is 12.1 Å². The molecule has 0 bridgehead atoms. The van der Waals surface area contributed by atoms with Crippen LogP contribution < -0.4 is 0 Å². The molecule has 16 heavy (non-hydrogen) atoms. The number of rotatable bonds is 3. The number of ether oxygens (including phenoxy) is 1. The molecule has 0 saturated heterocycles. The van der Waals surface area contributed by atoms with Crippen molar-refractivity contribution in [3.63, 3.8) is 0 Å². The number of nitriles is 1. The van der Waals surface area contributed by atoms with Crippen LogP contribution >= 0.6 is 15.9 Å². The molecule has 0 aromatic heterocycles. The van der Waals surface area contributed by atoms with E-state index in [9.17, 15) is 9.18 Å². The predicted molar refractivity (Wildman–Crippen MR) is 59.7 cm³/mol. The average molecular weight is 286 g/mol. The van der Waals surface area contributed by atoms with Crippen molar-refractivity contribution in [1.82, 2.24) is 0 Å². The summed E-state index contributed by atoms with van der Waals surface area (Å²) >= 11 is 3.14. The van der Waals surface area contributed by atoms with Gasteiger partial charge in [0.25, 0.3) is 0 Å². The van der Waals surface area contributed by atoms with Crippen molar-refractivity contribution in [2.24, 2.45) is 0 Å². The minimum atomic E-state index is -0.821. The highest BCUT2D eigenvalue weighted by Crippen LogP contribution is 2.20. The molecule has 0 N–H and O–H groups in total. The van der Waals surface area contributed by atoms with Crippen molar-refractivity contribution in [3.8, 4) is 6.07 Å². The van der Waals surface area contributed by atoms with Crippen LogP contribution in [0.25, 0.3) is 0 Å². The number of carbonyl (C=O) groups is 1. The second-order valence-electron chi connectivity index (χ2n) is 2.93. The maximum absolute atomic E-state index is 13.7. The van der Waals surface area contributed by atoms with E-state index < -0.39 is 11.8 Å². The van der Waals surface area contributed by atoms with E-state index in [2.05, 4.69) is 20.7 Å². The number of carbonyl (C=O) groups excluding carboxylic acids is 1.